The van der Waals surface area contributed by atoms with Gasteiger partial charge in [0.25, 0.3) is 5.69 Å². The van der Waals surface area contributed by atoms with Crippen LogP contribution in [-0.2, 0) is 24.4 Å². The second-order valence-electron chi connectivity index (χ2n) is 8.60. The number of nitrogens with zero attached hydrogens (tertiary/aromatic N) is 3. The number of amides is 3. The van der Waals surface area contributed by atoms with Crippen molar-refractivity contribution < 1.29 is 27.7 Å². The Bertz CT molecular complexity index is 1210. The lowest BCUT2D eigenvalue weighted by Crippen LogP contribution is -2.51. The van der Waals surface area contributed by atoms with Gasteiger partial charge >= 0.3 is 0 Å². The largest absolute Gasteiger partial charge is 0.370 e. The standard InChI is InChI=1S/C22H37N11O7S/c1-2-41(39,40)32-17(6-4-12-28-22(25)26)19(35)29-13-18(34)31-16(5-3-11-27-21(23)24)20(36)30-14-7-9-15(10-8-14)33(37)38/h7-10,16-17,32H,2-6,11-13H2,1H3,(H,29,35)(H,30,36)(H,31,34)(H4,23,24,27)(H4,25,26,28)/t16-,17+/m0/s1. The van der Waals surface area contributed by atoms with Gasteiger partial charge in [-0.05, 0) is 44.7 Å². The number of guanidine groups is 2. The minimum atomic E-state index is -3.76. The highest BCUT2D eigenvalue weighted by atomic mass is 32.2. The molecule has 0 bridgehead atoms. The Morgan fingerprint density at radius 1 is 0.927 bits per heavy atom. The number of rotatable bonds is 18. The molecular formula is C22H37N11O7S. The first-order valence-electron chi connectivity index (χ1n) is 12.5. The zero-order valence-corrected chi connectivity index (χ0v) is 23.4. The molecule has 1 rings (SSSR count). The Balaban J connectivity index is 2.87. The summed E-state index contributed by atoms with van der Waals surface area (Å²) in [5.74, 6) is -2.69. The highest BCUT2D eigenvalue weighted by Crippen LogP contribution is 2.16. The number of nitro benzene ring substituents is 1. The SMILES string of the molecule is CCS(=O)(=O)N[C@H](CCCN=C(N)N)C(=O)NCC(=O)N[C@@H](CCCN=C(N)N)C(=O)Nc1ccc([N+](=O)[O-])cc1. The summed E-state index contributed by atoms with van der Waals surface area (Å²) in [6.07, 6.45) is 0.738. The van der Waals surface area contributed by atoms with Gasteiger partial charge in [0, 0.05) is 30.9 Å². The number of sulfonamides is 1. The Hall–Kier alpha value is -4.52. The van der Waals surface area contributed by atoms with Crippen molar-refractivity contribution in [3.05, 3.63) is 34.4 Å². The maximum absolute atomic E-state index is 12.9. The quantitative estimate of drug-likeness (QED) is 0.0288. The van der Waals surface area contributed by atoms with E-state index in [1.807, 2.05) is 0 Å². The molecule has 0 aliphatic heterocycles. The molecule has 0 fully saturated rings. The van der Waals surface area contributed by atoms with Crippen molar-refractivity contribution in [2.75, 3.05) is 30.7 Å². The van der Waals surface area contributed by atoms with Crippen molar-refractivity contribution in [2.24, 2.45) is 32.9 Å². The van der Waals surface area contributed by atoms with Crippen LogP contribution in [0.3, 0.4) is 0 Å². The molecule has 41 heavy (non-hydrogen) atoms. The van der Waals surface area contributed by atoms with Crippen LogP contribution in [-0.4, -0.2) is 80.5 Å². The molecule has 0 radical (unpaired) electrons. The van der Waals surface area contributed by atoms with Gasteiger partial charge in [0.1, 0.15) is 12.1 Å². The fraction of sp³-hybridized carbons (Fsp3) is 0.500. The second-order valence-corrected chi connectivity index (χ2v) is 10.6. The molecule has 0 saturated heterocycles. The number of nitro groups is 1. The first kappa shape index (κ1) is 34.5. The normalized spacial score (nSPS) is 12.3. The molecule has 12 N–H and O–H groups in total. The highest BCUT2D eigenvalue weighted by molar-refractivity contribution is 7.89. The Kier molecular flexibility index (Phi) is 14.5. The molecule has 2 atom stereocenters. The molecular weight excluding hydrogens is 562 g/mol. The number of carbonyl (C=O) groups is 3. The number of anilines is 1. The minimum Gasteiger partial charge on any atom is -0.370 e. The third kappa shape index (κ3) is 14.4. The Labute approximate surface area is 237 Å². The van der Waals surface area contributed by atoms with Crippen LogP contribution in [0.4, 0.5) is 11.4 Å². The lowest BCUT2D eigenvalue weighted by atomic mass is 10.1. The number of carbonyl (C=O) groups excluding carboxylic acids is 3. The topological polar surface area (TPSA) is 305 Å². The van der Waals surface area contributed by atoms with E-state index in [0.717, 1.165) is 0 Å². The summed E-state index contributed by atoms with van der Waals surface area (Å²) in [5, 5.41) is 18.3. The van der Waals surface area contributed by atoms with E-state index in [2.05, 4.69) is 30.7 Å². The van der Waals surface area contributed by atoms with Crippen LogP contribution in [0.25, 0.3) is 0 Å². The van der Waals surface area contributed by atoms with Crippen molar-refractivity contribution in [1.29, 1.82) is 0 Å². The molecule has 1 aromatic carbocycles. The van der Waals surface area contributed by atoms with E-state index in [-0.39, 0.29) is 61.4 Å². The molecule has 228 valence electrons. The van der Waals surface area contributed by atoms with Crippen LogP contribution in [0.5, 0.6) is 0 Å². The average Bonchev–Trinajstić information content (AvgIpc) is 2.90. The first-order valence-corrected chi connectivity index (χ1v) is 14.1. The van der Waals surface area contributed by atoms with Gasteiger partial charge in [-0.3, -0.25) is 34.5 Å². The molecule has 0 heterocycles. The van der Waals surface area contributed by atoms with Gasteiger partial charge in [-0.2, -0.15) is 0 Å². The van der Waals surface area contributed by atoms with E-state index in [9.17, 15) is 32.9 Å². The fourth-order valence-corrected chi connectivity index (χ4v) is 4.08. The van der Waals surface area contributed by atoms with Gasteiger partial charge in [0.2, 0.25) is 27.7 Å². The predicted octanol–water partition coefficient (Wildman–Crippen LogP) is -2.45. The van der Waals surface area contributed by atoms with Crippen molar-refractivity contribution in [1.82, 2.24) is 15.4 Å². The highest BCUT2D eigenvalue weighted by Gasteiger charge is 2.25. The average molecular weight is 600 g/mol. The molecule has 0 spiro atoms. The van der Waals surface area contributed by atoms with E-state index < -0.39 is 51.3 Å². The maximum atomic E-state index is 12.9. The van der Waals surface area contributed by atoms with Crippen LogP contribution >= 0.6 is 0 Å². The van der Waals surface area contributed by atoms with E-state index in [4.69, 9.17) is 22.9 Å². The zero-order valence-electron chi connectivity index (χ0n) is 22.5. The third-order valence-corrected chi connectivity index (χ3v) is 6.73. The molecule has 18 nitrogen and oxygen atoms in total. The minimum absolute atomic E-state index is 0.0501. The summed E-state index contributed by atoms with van der Waals surface area (Å²) in [6.45, 7) is 1.17. The molecule has 3 amide bonds. The number of hydrogen-bond donors (Lipinski definition) is 8. The van der Waals surface area contributed by atoms with Crippen LogP contribution in [0, 0.1) is 10.1 Å². The molecule has 0 aromatic heterocycles. The van der Waals surface area contributed by atoms with Crippen LogP contribution in [0.1, 0.15) is 32.6 Å². The van der Waals surface area contributed by atoms with Crippen LogP contribution in [0.2, 0.25) is 0 Å². The summed E-state index contributed by atoms with van der Waals surface area (Å²) in [5.41, 5.74) is 21.2. The summed E-state index contributed by atoms with van der Waals surface area (Å²) in [4.78, 5) is 56.1. The summed E-state index contributed by atoms with van der Waals surface area (Å²) >= 11 is 0. The molecule has 19 heteroatoms. The smallest absolute Gasteiger partial charge is 0.269 e. The van der Waals surface area contributed by atoms with Gasteiger partial charge in [-0.25, -0.2) is 13.1 Å². The maximum Gasteiger partial charge on any atom is 0.269 e. The number of nitrogens with two attached hydrogens (primary N) is 4. The zero-order chi connectivity index (χ0) is 31.0. The van der Waals surface area contributed by atoms with Crippen molar-refractivity contribution in [3.63, 3.8) is 0 Å². The van der Waals surface area contributed by atoms with E-state index in [1.54, 1.807) is 0 Å². The van der Waals surface area contributed by atoms with Gasteiger partial charge in [-0.15, -0.1) is 0 Å². The summed E-state index contributed by atoms with van der Waals surface area (Å²) in [7, 11) is -3.76. The number of hydrogen-bond acceptors (Lipinski definition) is 9. The molecule has 0 unspecified atom stereocenters. The summed E-state index contributed by atoms with van der Waals surface area (Å²) in [6, 6.07) is 2.80. The Morgan fingerprint density at radius 3 is 1.95 bits per heavy atom. The van der Waals surface area contributed by atoms with E-state index in [1.165, 1.54) is 31.2 Å². The van der Waals surface area contributed by atoms with Gasteiger partial charge < -0.3 is 38.9 Å². The number of nitrogens with one attached hydrogen (secondary N) is 4. The molecule has 0 saturated carbocycles. The van der Waals surface area contributed by atoms with Crippen molar-refractivity contribution >= 4 is 51.0 Å². The second kappa shape index (κ2) is 17.2. The van der Waals surface area contributed by atoms with Crippen molar-refractivity contribution in [3.8, 4) is 0 Å². The van der Waals surface area contributed by atoms with Gasteiger partial charge in [-0.1, -0.05) is 0 Å². The first-order chi connectivity index (χ1) is 19.2. The van der Waals surface area contributed by atoms with Gasteiger partial charge in [0.15, 0.2) is 11.9 Å². The Morgan fingerprint density at radius 2 is 1.46 bits per heavy atom. The molecule has 0 aliphatic carbocycles. The fourth-order valence-electron chi connectivity index (χ4n) is 3.25. The van der Waals surface area contributed by atoms with Crippen molar-refractivity contribution in [2.45, 2.75) is 44.7 Å². The third-order valence-electron chi connectivity index (χ3n) is 5.33. The number of benzene rings is 1. The molecule has 0 aliphatic rings. The van der Waals surface area contributed by atoms with Crippen LogP contribution in [0.15, 0.2) is 34.3 Å². The van der Waals surface area contributed by atoms with E-state index >= 15 is 0 Å². The predicted molar refractivity (Wildman–Crippen MR) is 153 cm³/mol. The lowest BCUT2D eigenvalue weighted by molar-refractivity contribution is -0.384. The summed E-state index contributed by atoms with van der Waals surface area (Å²) < 4.78 is 26.4. The molecule has 1 aromatic rings. The number of non-ortho nitro benzene ring substituents is 1. The lowest BCUT2D eigenvalue weighted by Gasteiger charge is -2.20. The van der Waals surface area contributed by atoms with E-state index in [0.29, 0.717) is 6.42 Å². The van der Waals surface area contributed by atoms with Gasteiger partial charge in [0.05, 0.1) is 17.2 Å². The monoisotopic (exact) mass is 599 g/mol. The van der Waals surface area contributed by atoms with Crippen LogP contribution < -0.4 is 43.6 Å². The number of aliphatic imine (C=N–C) groups is 2.